The quantitative estimate of drug-likeness (QED) is 0.848. The summed E-state index contributed by atoms with van der Waals surface area (Å²) in [5.41, 5.74) is 1.02. The van der Waals surface area contributed by atoms with Gasteiger partial charge in [-0.15, -0.1) is 0 Å². The third kappa shape index (κ3) is 3.48. The highest BCUT2D eigenvalue weighted by molar-refractivity contribution is 9.11. The minimum Gasteiger partial charge on any atom is -0.495 e. The molecule has 1 aromatic rings. The Balaban J connectivity index is 2.11. The Morgan fingerprint density at radius 3 is 2.56 bits per heavy atom. The van der Waals surface area contributed by atoms with Crippen LogP contribution in [0.2, 0.25) is 0 Å². The van der Waals surface area contributed by atoms with Gasteiger partial charge >= 0.3 is 0 Å². The van der Waals surface area contributed by atoms with Crippen molar-refractivity contribution in [2.45, 2.75) is 18.9 Å². The highest BCUT2D eigenvalue weighted by Gasteiger charge is 2.18. The van der Waals surface area contributed by atoms with Gasteiger partial charge in [-0.2, -0.15) is 0 Å². The van der Waals surface area contributed by atoms with Gasteiger partial charge in [0.2, 0.25) is 0 Å². The first-order valence-corrected chi connectivity index (χ1v) is 8.82. The fraction of sp³-hybridized carbons (Fsp3) is 0.500. The number of ether oxygens (including phenoxy) is 1. The van der Waals surface area contributed by atoms with Crippen LogP contribution >= 0.6 is 31.9 Å². The number of nitrogens with one attached hydrogen (secondary N) is 1. The lowest BCUT2D eigenvalue weighted by molar-refractivity contribution is 0.412. The second-order valence-electron chi connectivity index (χ2n) is 4.23. The normalized spacial score (nSPS) is 23.7. The smallest absolute Gasteiger partial charge is 0.135 e. The van der Waals surface area contributed by atoms with E-state index in [4.69, 9.17) is 4.74 Å². The second-order valence-corrected chi connectivity index (χ2v) is 7.64. The Morgan fingerprint density at radius 2 is 1.94 bits per heavy atom. The molecule has 0 amide bonds. The molecule has 1 saturated heterocycles. The fourth-order valence-corrected chi connectivity index (χ4v) is 4.52. The average Bonchev–Trinajstić information content (AvgIpc) is 2.35. The molecule has 3 nitrogen and oxygen atoms in total. The van der Waals surface area contributed by atoms with E-state index in [1.165, 1.54) is 0 Å². The summed E-state index contributed by atoms with van der Waals surface area (Å²) in [5, 5.41) is 3.49. The molecule has 1 aromatic carbocycles. The van der Waals surface area contributed by atoms with Gasteiger partial charge in [0, 0.05) is 38.9 Å². The van der Waals surface area contributed by atoms with Crippen LogP contribution in [0.3, 0.4) is 0 Å². The maximum Gasteiger partial charge on any atom is 0.135 e. The van der Waals surface area contributed by atoms with Crippen molar-refractivity contribution in [3.05, 3.63) is 21.1 Å². The van der Waals surface area contributed by atoms with Crippen molar-refractivity contribution in [1.29, 1.82) is 0 Å². The SMILES string of the molecule is COc1cc(NC2CCS(=O)CC2)c(Br)cc1Br. The standard InChI is InChI=1S/C12H15Br2NO2S/c1-17-12-7-11(9(13)6-10(12)14)15-8-2-4-18(16)5-3-8/h6-8,15H,2-5H2,1H3. The first-order valence-electron chi connectivity index (χ1n) is 5.74. The summed E-state index contributed by atoms with van der Waals surface area (Å²) in [5.74, 6) is 2.39. The molecule has 1 N–H and O–H groups in total. The predicted octanol–water partition coefficient (Wildman–Crippen LogP) is 3.54. The highest BCUT2D eigenvalue weighted by atomic mass is 79.9. The monoisotopic (exact) mass is 395 g/mol. The van der Waals surface area contributed by atoms with E-state index in [1.807, 2.05) is 12.1 Å². The van der Waals surface area contributed by atoms with E-state index in [9.17, 15) is 4.21 Å². The highest BCUT2D eigenvalue weighted by Crippen LogP contribution is 2.35. The molecular formula is C12H15Br2NO2S. The van der Waals surface area contributed by atoms with E-state index in [-0.39, 0.29) is 0 Å². The van der Waals surface area contributed by atoms with Crippen LogP contribution in [0.15, 0.2) is 21.1 Å². The molecule has 100 valence electrons. The molecule has 6 heteroatoms. The van der Waals surface area contributed by atoms with Gasteiger partial charge in [0.1, 0.15) is 5.75 Å². The number of anilines is 1. The van der Waals surface area contributed by atoms with Crippen molar-refractivity contribution in [1.82, 2.24) is 0 Å². The van der Waals surface area contributed by atoms with E-state index < -0.39 is 10.8 Å². The number of methoxy groups -OCH3 is 1. The van der Waals surface area contributed by atoms with Crippen molar-refractivity contribution >= 4 is 48.3 Å². The lowest BCUT2D eigenvalue weighted by Crippen LogP contribution is -2.29. The Hall–Kier alpha value is -0.0700. The van der Waals surface area contributed by atoms with E-state index in [2.05, 4.69) is 37.2 Å². The van der Waals surface area contributed by atoms with Gasteiger partial charge in [-0.3, -0.25) is 4.21 Å². The van der Waals surface area contributed by atoms with Gasteiger partial charge in [0.05, 0.1) is 17.3 Å². The van der Waals surface area contributed by atoms with E-state index in [1.54, 1.807) is 7.11 Å². The summed E-state index contributed by atoms with van der Waals surface area (Å²) in [6, 6.07) is 4.34. The van der Waals surface area contributed by atoms with Crippen LogP contribution in [0, 0.1) is 0 Å². The largest absolute Gasteiger partial charge is 0.495 e. The van der Waals surface area contributed by atoms with Crippen LogP contribution in [0.4, 0.5) is 5.69 Å². The number of halogens is 2. The minimum absolute atomic E-state index is 0.393. The van der Waals surface area contributed by atoms with Crippen molar-refractivity contribution in [2.24, 2.45) is 0 Å². The topological polar surface area (TPSA) is 38.3 Å². The Morgan fingerprint density at radius 1 is 1.28 bits per heavy atom. The zero-order valence-electron chi connectivity index (χ0n) is 10.0. The van der Waals surface area contributed by atoms with Gasteiger partial charge < -0.3 is 10.1 Å². The van der Waals surface area contributed by atoms with Crippen LogP contribution < -0.4 is 10.1 Å². The molecule has 1 aliphatic heterocycles. The van der Waals surface area contributed by atoms with Crippen LogP contribution in [0.25, 0.3) is 0 Å². The fourth-order valence-electron chi connectivity index (χ4n) is 1.95. The van der Waals surface area contributed by atoms with Gasteiger partial charge in [0.25, 0.3) is 0 Å². The predicted molar refractivity (Wildman–Crippen MR) is 82.9 cm³/mol. The molecule has 0 aromatic heterocycles. The van der Waals surface area contributed by atoms with Crippen molar-refractivity contribution in [2.75, 3.05) is 23.9 Å². The molecule has 0 radical (unpaired) electrons. The van der Waals surface area contributed by atoms with Gasteiger partial charge in [0.15, 0.2) is 0 Å². The minimum atomic E-state index is -0.618. The van der Waals surface area contributed by atoms with E-state index in [0.717, 1.165) is 44.7 Å². The zero-order valence-corrected chi connectivity index (χ0v) is 14.0. The van der Waals surface area contributed by atoms with Crippen LogP contribution in [-0.2, 0) is 10.8 Å². The molecule has 0 unspecified atom stereocenters. The number of rotatable bonds is 3. The van der Waals surface area contributed by atoms with Crippen molar-refractivity contribution in [3.63, 3.8) is 0 Å². The third-order valence-electron chi connectivity index (χ3n) is 2.99. The number of benzene rings is 1. The lowest BCUT2D eigenvalue weighted by atomic mass is 10.1. The maximum atomic E-state index is 11.3. The van der Waals surface area contributed by atoms with Gasteiger partial charge in [-0.25, -0.2) is 0 Å². The lowest BCUT2D eigenvalue weighted by Gasteiger charge is -2.24. The Bertz CT molecular complexity index is 458. The maximum absolute atomic E-state index is 11.3. The number of hydrogen-bond donors (Lipinski definition) is 1. The zero-order chi connectivity index (χ0) is 13.1. The first kappa shape index (κ1) is 14.3. The van der Waals surface area contributed by atoms with Crippen molar-refractivity contribution < 1.29 is 8.95 Å². The molecule has 1 aliphatic rings. The number of hydrogen-bond acceptors (Lipinski definition) is 3. The van der Waals surface area contributed by atoms with Crippen LogP contribution in [-0.4, -0.2) is 28.9 Å². The molecule has 18 heavy (non-hydrogen) atoms. The Kier molecular flexibility index (Phi) is 5.09. The molecule has 0 saturated carbocycles. The Labute approximate surface area is 126 Å². The van der Waals surface area contributed by atoms with Gasteiger partial charge in [-0.1, -0.05) is 0 Å². The van der Waals surface area contributed by atoms with Gasteiger partial charge in [-0.05, 0) is 50.8 Å². The molecule has 1 fully saturated rings. The summed E-state index contributed by atoms with van der Waals surface area (Å²) >= 11 is 6.99. The van der Waals surface area contributed by atoms with E-state index in [0.29, 0.717) is 6.04 Å². The molecule has 0 spiro atoms. The molecule has 2 rings (SSSR count). The van der Waals surface area contributed by atoms with E-state index >= 15 is 0 Å². The molecule has 0 atom stereocenters. The van der Waals surface area contributed by atoms with Crippen LogP contribution in [0.5, 0.6) is 5.75 Å². The third-order valence-corrected chi connectivity index (χ3v) is 5.65. The first-order chi connectivity index (χ1) is 8.60. The summed E-state index contributed by atoms with van der Waals surface area (Å²) in [6.45, 7) is 0. The molecular weight excluding hydrogens is 382 g/mol. The second kappa shape index (κ2) is 6.39. The summed E-state index contributed by atoms with van der Waals surface area (Å²) in [6.07, 6.45) is 1.91. The molecule has 0 aliphatic carbocycles. The summed E-state index contributed by atoms with van der Waals surface area (Å²) < 4.78 is 18.5. The summed E-state index contributed by atoms with van der Waals surface area (Å²) in [4.78, 5) is 0. The summed E-state index contributed by atoms with van der Waals surface area (Å²) in [7, 11) is 1.04. The molecule has 0 bridgehead atoms. The molecule has 1 heterocycles. The van der Waals surface area contributed by atoms with Crippen molar-refractivity contribution in [3.8, 4) is 5.75 Å². The van der Waals surface area contributed by atoms with Crippen LogP contribution in [0.1, 0.15) is 12.8 Å². The average molecular weight is 397 g/mol.